The summed E-state index contributed by atoms with van der Waals surface area (Å²) in [5.74, 6) is 0. The molecule has 0 bridgehead atoms. The Morgan fingerprint density at radius 1 is 1.25 bits per heavy atom. The molecule has 2 nitrogen and oxygen atoms in total. The van der Waals surface area contributed by atoms with E-state index in [1.165, 1.54) is 0 Å². The Morgan fingerprint density at radius 3 is 1.75 bits per heavy atom. The fourth-order valence-corrected chi connectivity index (χ4v) is 0.591. The van der Waals surface area contributed by atoms with Crippen molar-refractivity contribution in [3.8, 4) is 0 Å². The van der Waals surface area contributed by atoms with Crippen LogP contribution in [0.3, 0.4) is 0 Å². The maximum Gasteiger partial charge on any atom is 0.680 e. The van der Waals surface area contributed by atoms with Crippen molar-refractivity contribution in [2.24, 2.45) is 0 Å². The highest BCUT2D eigenvalue weighted by Gasteiger charge is 2.35. The third-order valence-corrected chi connectivity index (χ3v) is 1.30. The van der Waals surface area contributed by atoms with E-state index >= 15 is 0 Å². The van der Waals surface area contributed by atoms with E-state index in [1.807, 2.05) is 0 Å². The SMILES string of the molecule is CC1OB(F)OC1C. The first kappa shape index (κ1) is 6.04. The van der Waals surface area contributed by atoms with Crippen molar-refractivity contribution in [2.45, 2.75) is 26.1 Å². The second-order valence-electron chi connectivity index (χ2n) is 1.96. The maximum atomic E-state index is 12.0. The van der Waals surface area contributed by atoms with Crippen LogP contribution in [0.2, 0.25) is 0 Å². The molecule has 2 unspecified atom stereocenters. The minimum absolute atomic E-state index is 0.106. The summed E-state index contributed by atoms with van der Waals surface area (Å²) in [6.45, 7) is 3.56. The predicted octanol–water partition coefficient (Wildman–Crippen LogP) is 0.765. The second kappa shape index (κ2) is 2.03. The molecule has 0 aromatic carbocycles. The van der Waals surface area contributed by atoms with Gasteiger partial charge in [-0.1, -0.05) is 0 Å². The van der Waals surface area contributed by atoms with Gasteiger partial charge in [0.25, 0.3) is 0 Å². The van der Waals surface area contributed by atoms with E-state index in [4.69, 9.17) is 0 Å². The van der Waals surface area contributed by atoms with Gasteiger partial charge in [-0.15, -0.1) is 0 Å². The zero-order valence-electron chi connectivity index (χ0n) is 4.93. The highest BCUT2D eigenvalue weighted by Crippen LogP contribution is 2.15. The van der Waals surface area contributed by atoms with Crippen LogP contribution in [0.25, 0.3) is 0 Å². The third-order valence-electron chi connectivity index (χ3n) is 1.30. The number of rotatable bonds is 0. The van der Waals surface area contributed by atoms with Crippen LogP contribution in [-0.4, -0.2) is 19.6 Å². The lowest BCUT2D eigenvalue weighted by Gasteiger charge is -2.04. The standard InChI is InChI=1S/C4H8BFO2/c1-3-4(2)8-5(6)7-3/h3-4H,1-2H3. The smallest absolute Gasteiger partial charge is 0.377 e. The van der Waals surface area contributed by atoms with Gasteiger partial charge in [0.1, 0.15) is 0 Å². The van der Waals surface area contributed by atoms with Crippen molar-refractivity contribution in [2.75, 3.05) is 0 Å². The fourth-order valence-electron chi connectivity index (χ4n) is 0.591. The molecule has 0 aliphatic carbocycles. The van der Waals surface area contributed by atoms with Gasteiger partial charge in [-0.3, -0.25) is 4.32 Å². The molecule has 0 amide bonds. The molecule has 2 atom stereocenters. The molecule has 1 fully saturated rings. The van der Waals surface area contributed by atoms with Crippen LogP contribution < -0.4 is 0 Å². The highest BCUT2D eigenvalue weighted by molar-refractivity contribution is 6.36. The van der Waals surface area contributed by atoms with E-state index in [0.717, 1.165) is 0 Å². The van der Waals surface area contributed by atoms with Crippen molar-refractivity contribution in [3.63, 3.8) is 0 Å². The first-order valence-corrected chi connectivity index (χ1v) is 2.65. The molecule has 8 heavy (non-hydrogen) atoms. The van der Waals surface area contributed by atoms with Crippen LogP contribution in [0.5, 0.6) is 0 Å². The monoisotopic (exact) mass is 118 g/mol. The number of hydrogen-bond donors (Lipinski definition) is 0. The normalized spacial score (nSPS) is 38.6. The third kappa shape index (κ3) is 1.01. The molecule has 0 radical (unpaired) electrons. The summed E-state index contributed by atoms with van der Waals surface area (Å²) in [5, 5.41) is 0. The molecular weight excluding hydrogens is 110 g/mol. The van der Waals surface area contributed by atoms with Crippen molar-refractivity contribution < 1.29 is 13.6 Å². The van der Waals surface area contributed by atoms with E-state index in [-0.39, 0.29) is 12.2 Å². The Kier molecular flexibility index (Phi) is 1.53. The molecule has 1 aliphatic heterocycles. The molecule has 0 N–H and O–H groups in total. The molecule has 0 aromatic rings. The molecule has 4 heteroatoms. The van der Waals surface area contributed by atoms with Crippen molar-refractivity contribution in [1.82, 2.24) is 0 Å². The summed E-state index contributed by atoms with van der Waals surface area (Å²) in [6, 6.07) is 0. The van der Waals surface area contributed by atoms with Gasteiger partial charge in [-0.2, -0.15) is 0 Å². The lowest BCUT2D eigenvalue weighted by molar-refractivity contribution is 0.187. The van der Waals surface area contributed by atoms with Gasteiger partial charge in [-0.25, -0.2) is 0 Å². The lowest BCUT2D eigenvalue weighted by atomic mass is 10.3. The average Bonchev–Trinajstić information content (AvgIpc) is 1.85. The molecule has 1 heterocycles. The van der Waals surface area contributed by atoms with Gasteiger partial charge < -0.3 is 9.31 Å². The van der Waals surface area contributed by atoms with E-state index in [0.29, 0.717) is 0 Å². The molecule has 1 saturated heterocycles. The molecule has 1 rings (SSSR count). The van der Waals surface area contributed by atoms with Gasteiger partial charge >= 0.3 is 7.40 Å². The zero-order chi connectivity index (χ0) is 6.15. The first-order chi connectivity index (χ1) is 3.70. The van der Waals surface area contributed by atoms with Crippen LogP contribution in [-0.2, 0) is 9.31 Å². The van der Waals surface area contributed by atoms with E-state index in [1.54, 1.807) is 13.8 Å². The minimum atomic E-state index is -1.50. The molecule has 46 valence electrons. The lowest BCUT2D eigenvalue weighted by Crippen LogP contribution is -2.13. The second-order valence-corrected chi connectivity index (χ2v) is 1.96. The van der Waals surface area contributed by atoms with Crippen LogP contribution in [0, 0.1) is 0 Å². The van der Waals surface area contributed by atoms with Gasteiger partial charge in [0.05, 0.1) is 12.2 Å². The summed E-state index contributed by atoms with van der Waals surface area (Å²) in [5.41, 5.74) is 0. The summed E-state index contributed by atoms with van der Waals surface area (Å²) in [4.78, 5) is 0. The molecule has 0 spiro atoms. The number of hydrogen-bond acceptors (Lipinski definition) is 2. The summed E-state index contributed by atoms with van der Waals surface area (Å²) in [6.07, 6.45) is -0.213. The summed E-state index contributed by atoms with van der Waals surface area (Å²) in [7, 11) is -1.50. The molecule has 0 aromatic heterocycles. The van der Waals surface area contributed by atoms with E-state index in [2.05, 4.69) is 9.31 Å². The van der Waals surface area contributed by atoms with Crippen molar-refractivity contribution in [1.29, 1.82) is 0 Å². The fraction of sp³-hybridized carbons (Fsp3) is 1.00. The molecule has 0 saturated carbocycles. The van der Waals surface area contributed by atoms with Gasteiger partial charge in [-0.05, 0) is 13.8 Å². The summed E-state index contributed by atoms with van der Waals surface area (Å²) >= 11 is 0. The van der Waals surface area contributed by atoms with Gasteiger partial charge in [0, 0.05) is 0 Å². The van der Waals surface area contributed by atoms with Crippen LogP contribution in [0.1, 0.15) is 13.8 Å². The van der Waals surface area contributed by atoms with Gasteiger partial charge in [0.2, 0.25) is 0 Å². The Balaban J connectivity index is 2.39. The first-order valence-electron chi connectivity index (χ1n) is 2.65. The largest absolute Gasteiger partial charge is 0.680 e. The van der Waals surface area contributed by atoms with Crippen LogP contribution in [0.15, 0.2) is 0 Å². The quantitative estimate of drug-likeness (QED) is 0.437. The summed E-state index contributed by atoms with van der Waals surface area (Å²) < 4.78 is 21.1. The zero-order valence-corrected chi connectivity index (χ0v) is 4.93. The molecule has 1 aliphatic rings. The molecular formula is C4H8BFO2. The maximum absolute atomic E-state index is 12.0. The van der Waals surface area contributed by atoms with Crippen molar-refractivity contribution in [3.05, 3.63) is 0 Å². The van der Waals surface area contributed by atoms with Crippen molar-refractivity contribution >= 4 is 7.40 Å². The number of halogens is 1. The van der Waals surface area contributed by atoms with E-state index in [9.17, 15) is 4.32 Å². The highest BCUT2D eigenvalue weighted by atomic mass is 19.1. The Bertz CT molecular complexity index is 80.1. The van der Waals surface area contributed by atoms with Crippen LogP contribution in [0.4, 0.5) is 4.32 Å². The minimum Gasteiger partial charge on any atom is -0.377 e. The Hall–Kier alpha value is -0.0851. The van der Waals surface area contributed by atoms with Crippen LogP contribution >= 0.6 is 0 Å². The van der Waals surface area contributed by atoms with E-state index < -0.39 is 7.40 Å². The topological polar surface area (TPSA) is 18.5 Å². The van der Waals surface area contributed by atoms with Gasteiger partial charge in [0.15, 0.2) is 0 Å². The Labute approximate surface area is 48.2 Å². The Morgan fingerprint density at radius 2 is 1.62 bits per heavy atom. The average molecular weight is 118 g/mol. The predicted molar refractivity (Wildman–Crippen MR) is 28.0 cm³/mol.